The second-order valence-electron chi connectivity index (χ2n) is 21.2. The Morgan fingerprint density at radius 2 is 0.880 bits per heavy atom. The number of hydrogen-bond acceptors (Lipinski definition) is 2. The summed E-state index contributed by atoms with van der Waals surface area (Å²) < 4.78 is 2.58. The minimum atomic E-state index is -0.544. The van der Waals surface area contributed by atoms with Crippen molar-refractivity contribution in [2.75, 3.05) is 4.90 Å². The Hall–Kier alpha value is -8.82. The van der Waals surface area contributed by atoms with Crippen molar-refractivity contribution in [1.82, 2.24) is 0 Å². The van der Waals surface area contributed by atoms with Crippen molar-refractivity contribution in [2.24, 2.45) is 0 Å². The first-order valence-electron chi connectivity index (χ1n) is 26.1. The molecule has 12 aromatic carbocycles. The van der Waals surface area contributed by atoms with Crippen LogP contribution in [-0.2, 0) is 10.8 Å². The molecule has 1 heterocycles. The third-order valence-electron chi connectivity index (χ3n) is 15.9. The molecule has 1 aliphatic rings. The van der Waals surface area contributed by atoms with Crippen molar-refractivity contribution in [1.29, 1.82) is 0 Å². The van der Waals surface area contributed by atoms with Crippen LogP contribution in [0.4, 0.5) is 17.1 Å². The minimum absolute atomic E-state index is 0.116. The number of hydrogen-bond donors (Lipinski definition) is 0. The van der Waals surface area contributed by atoms with E-state index in [9.17, 15) is 0 Å². The number of nitrogens with zero attached hydrogens (tertiary/aromatic N) is 1. The van der Waals surface area contributed by atoms with E-state index >= 15 is 0 Å². The van der Waals surface area contributed by atoms with E-state index in [1.807, 2.05) is 11.3 Å². The van der Waals surface area contributed by atoms with E-state index < -0.39 is 5.41 Å². The van der Waals surface area contributed by atoms with Crippen LogP contribution in [0.3, 0.4) is 0 Å². The molecular weight excluding hydrogens is 923 g/mol. The molecule has 0 aliphatic heterocycles. The van der Waals surface area contributed by atoms with Crippen LogP contribution in [0.25, 0.3) is 86.2 Å². The summed E-state index contributed by atoms with van der Waals surface area (Å²) in [6.45, 7) is 6.80. The Kier molecular flexibility index (Phi) is 10.6. The molecule has 1 aliphatic carbocycles. The molecule has 0 saturated heterocycles. The topological polar surface area (TPSA) is 3.24 Å². The van der Waals surface area contributed by atoms with Crippen LogP contribution in [0.15, 0.2) is 267 Å². The van der Waals surface area contributed by atoms with Gasteiger partial charge in [0.1, 0.15) is 0 Å². The lowest BCUT2D eigenvalue weighted by atomic mass is 9.67. The molecule has 0 N–H and O–H groups in total. The maximum absolute atomic E-state index is 2.52. The highest BCUT2D eigenvalue weighted by Crippen LogP contribution is 2.59. The molecule has 2 heteroatoms. The van der Waals surface area contributed by atoms with Gasteiger partial charge in [-0.3, -0.25) is 0 Å². The Bertz CT molecular complexity index is 4250. The van der Waals surface area contributed by atoms with Gasteiger partial charge >= 0.3 is 0 Å². The summed E-state index contributed by atoms with van der Waals surface area (Å²) in [6, 6.07) is 100.0. The fourth-order valence-electron chi connectivity index (χ4n) is 12.3. The summed E-state index contributed by atoms with van der Waals surface area (Å²) in [5.74, 6) is 0. The second kappa shape index (κ2) is 17.7. The molecule has 0 saturated carbocycles. The average Bonchev–Trinajstić information content (AvgIpc) is 4.00. The standard InChI is InChI=1S/C73H53NS/c1-72(2,3)55-38-33-50(34-39-55)48-29-31-49(32-30-48)51-35-40-58(41-36-51)74(67-44-37-52-17-12-13-24-60(52)70(67)62-26-16-28-69-71(62)61-25-14-15-27-68(61)75-69)59-42-43-65-64(47-59)63-45-53-18-10-11-19-54(53)46-66(63)73(65,56-20-6-4-7-21-56)57-22-8-5-9-23-57/h4-47H,1-3H3. The van der Waals surface area contributed by atoms with E-state index in [0.717, 1.165) is 17.1 Å². The van der Waals surface area contributed by atoms with Crippen LogP contribution in [0.5, 0.6) is 0 Å². The van der Waals surface area contributed by atoms with Crippen molar-refractivity contribution in [3.8, 4) is 44.5 Å². The molecule has 0 radical (unpaired) electrons. The summed E-state index contributed by atoms with van der Waals surface area (Å²) in [4.78, 5) is 2.52. The summed E-state index contributed by atoms with van der Waals surface area (Å²) >= 11 is 1.87. The van der Waals surface area contributed by atoms with Crippen molar-refractivity contribution in [3.05, 3.63) is 295 Å². The molecule has 0 fully saturated rings. The maximum Gasteiger partial charge on any atom is 0.0713 e. The molecule has 0 spiro atoms. The first-order chi connectivity index (χ1) is 36.8. The van der Waals surface area contributed by atoms with E-state index in [4.69, 9.17) is 0 Å². The normalized spacial score (nSPS) is 12.8. The zero-order valence-electron chi connectivity index (χ0n) is 42.3. The first-order valence-corrected chi connectivity index (χ1v) is 27.0. The van der Waals surface area contributed by atoms with Gasteiger partial charge in [0.2, 0.25) is 0 Å². The number of thiophene rings is 1. The fraction of sp³-hybridized carbons (Fsp3) is 0.0685. The molecule has 1 nitrogen and oxygen atoms in total. The molecule has 0 atom stereocenters. The number of benzene rings is 12. The van der Waals surface area contributed by atoms with Crippen molar-refractivity contribution < 1.29 is 0 Å². The fourth-order valence-corrected chi connectivity index (χ4v) is 13.4. The smallest absolute Gasteiger partial charge is 0.0713 e. The summed E-state index contributed by atoms with van der Waals surface area (Å²) in [5.41, 5.74) is 19.1. The number of fused-ring (bicyclic) bond motifs is 8. The lowest BCUT2D eigenvalue weighted by Gasteiger charge is -2.34. The van der Waals surface area contributed by atoms with Gasteiger partial charge in [-0.2, -0.15) is 0 Å². The van der Waals surface area contributed by atoms with Crippen molar-refractivity contribution in [2.45, 2.75) is 31.6 Å². The zero-order valence-corrected chi connectivity index (χ0v) is 43.1. The van der Waals surface area contributed by atoms with Crippen molar-refractivity contribution in [3.63, 3.8) is 0 Å². The molecule has 356 valence electrons. The predicted octanol–water partition coefficient (Wildman–Crippen LogP) is 20.5. The monoisotopic (exact) mass is 975 g/mol. The highest BCUT2D eigenvalue weighted by Gasteiger charge is 2.46. The molecule has 13 aromatic rings. The Morgan fingerprint density at radius 1 is 0.360 bits per heavy atom. The van der Waals surface area contributed by atoms with Gasteiger partial charge in [0.05, 0.1) is 11.1 Å². The van der Waals surface area contributed by atoms with E-state index in [1.54, 1.807) is 0 Å². The lowest BCUT2D eigenvalue weighted by Crippen LogP contribution is -2.28. The summed E-state index contributed by atoms with van der Waals surface area (Å²) in [5, 5.41) is 7.48. The molecule has 75 heavy (non-hydrogen) atoms. The number of rotatable bonds is 8. The van der Waals surface area contributed by atoms with Crippen LogP contribution in [0.2, 0.25) is 0 Å². The highest BCUT2D eigenvalue weighted by molar-refractivity contribution is 7.26. The average molecular weight is 976 g/mol. The maximum atomic E-state index is 2.52. The Balaban J connectivity index is 0.995. The Labute approximate surface area is 443 Å². The third kappa shape index (κ3) is 7.35. The van der Waals surface area contributed by atoms with Crippen LogP contribution in [-0.4, -0.2) is 0 Å². The summed E-state index contributed by atoms with van der Waals surface area (Å²) in [7, 11) is 0. The van der Waals surface area contributed by atoms with Crippen LogP contribution in [0.1, 0.15) is 48.6 Å². The first kappa shape index (κ1) is 44.8. The van der Waals surface area contributed by atoms with Gasteiger partial charge in [-0.1, -0.05) is 233 Å². The zero-order chi connectivity index (χ0) is 50.3. The quantitative estimate of drug-likeness (QED) is 0.147. The highest BCUT2D eigenvalue weighted by atomic mass is 32.1. The van der Waals surface area contributed by atoms with Crippen LogP contribution >= 0.6 is 11.3 Å². The molecule has 1 aromatic heterocycles. The predicted molar refractivity (Wildman–Crippen MR) is 321 cm³/mol. The van der Waals surface area contributed by atoms with E-state index in [2.05, 4.69) is 293 Å². The molecule has 0 amide bonds. The van der Waals surface area contributed by atoms with Crippen LogP contribution < -0.4 is 4.90 Å². The van der Waals surface area contributed by atoms with E-state index in [0.29, 0.717) is 0 Å². The van der Waals surface area contributed by atoms with Crippen LogP contribution in [0, 0.1) is 0 Å². The Morgan fingerprint density at radius 3 is 1.53 bits per heavy atom. The molecule has 0 bridgehead atoms. The van der Waals surface area contributed by atoms with Gasteiger partial charge in [-0.25, -0.2) is 0 Å². The largest absolute Gasteiger partial charge is 0.310 e. The van der Waals surface area contributed by atoms with Gasteiger partial charge in [0, 0.05) is 37.1 Å². The SMILES string of the molecule is CC(C)(C)c1ccc(-c2ccc(-c3ccc(N(c4ccc5c(c4)-c4cc6ccccc6cc4C5(c4ccccc4)c4ccccc4)c4ccc5ccccc5c4-c4cccc5sc6ccccc6c45)cc3)cc2)cc1. The second-order valence-corrected chi connectivity index (χ2v) is 22.3. The van der Waals surface area contributed by atoms with Crippen molar-refractivity contribution >= 4 is 70.1 Å². The minimum Gasteiger partial charge on any atom is -0.310 e. The van der Waals surface area contributed by atoms with Gasteiger partial charge in [-0.05, 0) is 148 Å². The van der Waals surface area contributed by atoms with Gasteiger partial charge in [0.25, 0.3) is 0 Å². The van der Waals surface area contributed by atoms with E-state index in [-0.39, 0.29) is 5.41 Å². The molecular formula is C73H53NS. The third-order valence-corrected chi connectivity index (χ3v) is 17.0. The molecule has 14 rings (SSSR count). The summed E-state index contributed by atoms with van der Waals surface area (Å²) in [6.07, 6.45) is 0. The molecule has 0 unspecified atom stereocenters. The van der Waals surface area contributed by atoms with Gasteiger partial charge < -0.3 is 4.90 Å². The van der Waals surface area contributed by atoms with Gasteiger partial charge in [0.15, 0.2) is 0 Å². The lowest BCUT2D eigenvalue weighted by molar-refractivity contribution is 0.590. The van der Waals surface area contributed by atoms with Gasteiger partial charge in [-0.15, -0.1) is 11.3 Å². The number of anilines is 3. The van der Waals surface area contributed by atoms with E-state index in [1.165, 1.54) is 114 Å².